The highest BCUT2D eigenvalue weighted by Gasteiger charge is 2.40. The normalized spacial score (nSPS) is 23.0. The van der Waals surface area contributed by atoms with Gasteiger partial charge in [-0.05, 0) is 31.7 Å². The van der Waals surface area contributed by atoms with Crippen LogP contribution >= 0.6 is 0 Å². The number of hydrogen-bond acceptors (Lipinski definition) is 4. The van der Waals surface area contributed by atoms with E-state index in [9.17, 15) is 9.59 Å². The zero-order valence-corrected chi connectivity index (χ0v) is 15.2. The number of carbonyl (C=O) groups excluding carboxylic acids is 2. The Hall–Kier alpha value is -2.64. The van der Waals surface area contributed by atoms with Gasteiger partial charge in [0.15, 0.2) is 5.82 Å². The largest absolute Gasteiger partial charge is 0.336 e. The van der Waals surface area contributed by atoms with E-state index in [1.165, 1.54) is 5.69 Å². The first kappa shape index (κ1) is 16.8. The van der Waals surface area contributed by atoms with Crippen molar-refractivity contribution in [1.82, 2.24) is 24.5 Å². The molecular formula is C18H24N6O2. The molecule has 0 radical (unpaired) electrons. The van der Waals surface area contributed by atoms with E-state index in [0.29, 0.717) is 18.7 Å². The van der Waals surface area contributed by atoms with Gasteiger partial charge in [-0.25, -0.2) is 0 Å². The van der Waals surface area contributed by atoms with Crippen LogP contribution in [0, 0.1) is 5.92 Å². The Labute approximate surface area is 152 Å². The first-order valence-corrected chi connectivity index (χ1v) is 9.16. The molecule has 0 spiro atoms. The molecule has 0 bridgehead atoms. The van der Waals surface area contributed by atoms with E-state index in [2.05, 4.69) is 15.5 Å². The van der Waals surface area contributed by atoms with Crippen LogP contribution in [0.5, 0.6) is 0 Å². The number of amides is 2. The van der Waals surface area contributed by atoms with Gasteiger partial charge in [-0.3, -0.25) is 19.0 Å². The highest BCUT2D eigenvalue weighted by Crippen LogP contribution is 2.36. The molecule has 138 valence electrons. The Morgan fingerprint density at radius 1 is 1.27 bits per heavy atom. The Morgan fingerprint density at radius 2 is 2.12 bits per heavy atom. The summed E-state index contributed by atoms with van der Waals surface area (Å²) in [6, 6.07) is 3.52. The molecule has 2 aromatic heterocycles. The van der Waals surface area contributed by atoms with E-state index in [4.69, 9.17) is 0 Å². The van der Waals surface area contributed by atoms with Crippen LogP contribution in [0.25, 0.3) is 0 Å². The van der Waals surface area contributed by atoms with E-state index in [1.54, 1.807) is 22.8 Å². The minimum absolute atomic E-state index is 0.0534. The van der Waals surface area contributed by atoms with Crippen molar-refractivity contribution in [3.8, 4) is 0 Å². The lowest BCUT2D eigenvalue weighted by atomic mass is 9.86. The summed E-state index contributed by atoms with van der Waals surface area (Å²) in [4.78, 5) is 26.9. The zero-order valence-electron chi connectivity index (χ0n) is 15.2. The number of fused-ring (bicyclic) bond motifs is 1. The third-order valence-corrected chi connectivity index (χ3v) is 5.53. The molecular weight excluding hydrogens is 332 g/mol. The van der Waals surface area contributed by atoms with Gasteiger partial charge in [0.25, 0.3) is 0 Å². The third kappa shape index (κ3) is 2.89. The second-order valence-electron chi connectivity index (χ2n) is 7.16. The lowest BCUT2D eigenvalue weighted by Crippen LogP contribution is -2.45. The SMILES string of the molecule is CN1C(=O)CC[C@H](C(=O)Nc2cc3n(n2)CCCC3)[C@H]1c1ccnn1C. The van der Waals surface area contributed by atoms with Crippen LogP contribution in [0.4, 0.5) is 5.82 Å². The van der Waals surface area contributed by atoms with Crippen LogP contribution in [-0.4, -0.2) is 43.3 Å². The first-order valence-electron chi connectivity index (χ1n) is 9.16. The minimum atomic E-state index is -0.327. The summed E-state index contributed by atoms with van der Waals surface area (Å²) in [5.74, 6) is 0.241. The molecule has 2 amide bonds. The van der Waals surface area contributed by atoms with E-state index in [0.717, 1.165) is 31.5 Å². The standard InChI is InChI=1S/C18H24N6O2/c1-22-16(25)7-6-13(17(22)14-8-9-19-23(14)2)18(26)20-15-11-12-5-3-4-10-24(12)21-15/h8-9,11,13,17H,3-7,10H2,1-2H3,(H,20,21,26)/t13-,17-/m0/s1. The van der Waals surface area contributed by atoms with Crippen molar-refractivity contribution in [2.45, 2.75) is 44.7 Å². The maximum atomic E-state index is 13.0. The van der Waals surface area contributed by atoms with Crippen molar-refractivity contribution in [3.63, 3.8) is 0 Å². The summed E-state index contributed by atoms with van der Waals surface area (Å²) < 4.78 is 3.71. The van der Waals surface area contributed by atoms with Crippen molar-refractivity contribution < 1.29 is 9.59 Å². The number of anilines is 1. The van der Waals surface area contributed by atoms with Crippen LogP contribution in [-0.2, 0) is 29.6 Å². The smallest absolute Gasteiger partial charge is 0.231 e. The van der Waals surface area contributed by atoms with Crippen LogP contribution < -0.4 is 5.32 Å². The summed E-state index contributed by atoms with van der Waals surface area (Å²) in [6.45, 7) is 0.906. The number of aryl methyl sites for hydroxylation is 3. The van der Waals surface area contributed by atoms with Crippen molar-refractivity contribution in [3.05, 3.63) is 29.7 Å². The second-order valence-corrected chi connectivity index (χ2v) is 7.16. The number of aromatic nitrogens is 4. The highest BCUT2D eigenvalue weighted by molar-refractivity contribution is 5.94. The van der Waals surface area contributed by atoms with Gasteiger partial charge in [-0.2, -0.15) is 10.2 Å². The van der Waals surface area contributed by atoms with Crippen molar-refractivity contribution in [1.29, 1.82) is 0 Å². The molecule has 2 atom stereocenters. The van der Waals surface area contributed by atoms with Gasteiger partial charge in [-0.1, -0.05) is 0 Å². The van der Waals surface area contributed by atoms with Gasteiger partial charge in [0.1, 0.15) is 0 Å². The molecule has 2 aromatic rings. The van der Waals surface area contributed by atoms with E-state index in [1.807, 2.05) is 23.9 Å². The van der Waals surface area contributed by atoms with Gasteiger partial charge in [0.2, 0.25) is 11.8 Å². The average Bonchev–Trinajstić information content (AvgIpc) is 3.22. The molecule has 1 N–H and O–H groups in total. The van der Waals surface area contributed by atoms with Gasteiger partial charge >= 0.3 is 0 Å². The fourth-order valence-corrected chi connectivity index (χ4v) is 4.09. The first-order chi connectivity index (χ1) is 12.5. The summed E-state index contributed by atoms with van der Waals surface area (Å²) in [5.41, 5.74) is 2.04. The third-order valence-electron chi connectivity index (χ3n) is 5.53. The topological polar surface area (TPSA) is 85.1 Å². The Morgan fingerprint density at radius 3 is 2.85 bits per heavy atom. The van der Waals surface area contributed by atoms with Gasteiger partial charge in [0, 0.05) is 45.0 Å². The number of hydrogen-bond donors (Lipinski definition) is 1. The molecule has 8 heteroatoms. The molecule has 1 saturated heterocycles. The number of piperidine rings is 1. The van der Waals surface area contributed by atoms with Crippen molar-refractivity contribution >= 4 is 17.6 Å². The number of likely N-dealkylation sites (tertiary alicyclic amines) is 1. The molecule has 0 aliphatic carbocycles. The second kappa shape index (κ2) is 6.59. The maximum Gasteiger partial charge on any atom is 0.231 e. The molecule has 26 heavy (non-hydrogen) atoms. The monoisotopic (exact) mass is 356 g/mol. The van der Waals surface area contributed by atoms with E-state index < -0.39 is 0 Å². The molecule has 0 aromatic carbocycles. The quantitative estimate of drug-likeness (QED) is 0.903. The van der Waals surface area contributed by atoms with Crippen LogP contribution in [0.2, 0.25) is 0 Å². The maximum absolute atomic E-state index is 13.0. The lowest BCUT2D eigenvalue weighted by Gasteiger charge is -2.38. The van der Waals surface area contributed by atoms with Crippen LogP contribution in [0.15, 0.2) is 18.3 Å². The Balaban J connectivity index is 1.57. The molecule has 2 aliphatic rings. The Bertz CT molecular complexity index is 815. The lowest BCUT2D eigenvalue weighted by molar-refractivity contribution is -0.140. The molecule has 4 heterocycles. The van der Waals surface area contributed by atoms with Gasteiger partial charge < -0.3 is 10.2 Å². The number of nitrogens with one attached hydrogen (secondary N) is 1. The van der Waals surface area contributed by atoms with Gasteiger partial charge in [0.05, 0.1) is 17.7 Å². The summed E-state index contributed by atoms with van der Waals surface area (Å²) in [6.07, 6.45) is 5.89. The number of nitrogens with zero attached hydrogens (tertiary/aromatic N) is 5. The molecule has 1 fully saturated rings. The number of carbonyl (C=O) groups is 2. The predicted molar refractivity (Wildman–Crippen MR) is 95.2 cm³/mol. The predicted octanol–water partition coefficient (Wildman–Crippen LogP) is 1.50. The summed E-state index contributed by atoms with van der Waals surface area (Å²) >= 11 is 0. The highest BCUT2D eigenvalue weighted by atomic mass is 16.2. The molecule has 2 aliphatic heterocycles. The van der Waals surface area contributed by atoms with Gasteiger partial charge in [-0.15, -0.1) is 0 Å². The zero-order chi connectivity index (χ0) is 18.3. The van der Waals surface area contributed by atoms with E-state index in [-0.39, 0.29) is 23.8 Å². The average molecular weight is 356 g/mol. The van der Waals surface area contributed by atoms with Crippen LogP contribution in [0.1, 0.15) is 43.1 Å². The fraction of sp³-hybridized carbons (Fsp3) is 0.556. The van der Waals surface area contributed by atoms with E-state index >= 15 is 0 Å². The molecule has 0 unspecified atom stereocenters. The Kier molecular flexibility index (Phi) is 4.26. The molecule has 4 rings (SSSR count). The van der Waals surface area contributed by atoms with Crippen molar-refractivity contribution in [2.24, 2.45) is 13.0 Å². The van der Waals surface area contributed by atoms with Crippen molar-refractivity contribution in [2.75, 3.05) is 12.4 Å². The number of rotatable bonds is 3. The summed E-state index contributed by atoms with van der Waals surface area (Å²) in [7, 11) is 3.59. The molecule has 8 nitrogen and oxygen atoms in total. The van der Waals surface area contributed by atoms with Crippen LogP contribution in [0.3, 0.4) is 0 Å². The minimum Gasteiger partial charge on any atom is -0.336 e. The fourth-order valence-electron chi connectivity index (χ4n) is 4.09. The summed E-state index contributed by atoms with van der Waals surface area (Å²) in [5, 5.41) is 11.7. The molecule has 0 saturated carbocycles.